The first kappa shape index (κ1) is 12.8. The van der Waals surface area contributed by atoms with Crippen molar-refractivity contribution in [2.75, 3.05) is 24.3 Å². The van der Waals surface area contributed by atoms with Crippen LogP contribution >= 0.6 is 0 Å². The number of pyridine rings is 1. The molecule has 0 amide bonds. The molecule has 0 aliphatic carbocycles. The van der Waals surface area contributed by atoms with Crippen LogP contribution in [0.4, 0.5) is 11.6 Å². The highest BCUT2D eigenvalue weighted by molar-refractivity contribution is 5.47. The predicted octanol–water partition coefficient (Wildman–Crippen LogP) is 1.42. The average molecular weight is 254 g/mol. The molecule has 0 fully saturated rings. The molecule has 0 saturated carbocycles. The molecule has 19 heavy (non-hydrogen) atoms. The number of nitrogens with zero attached hydrogens (tertiary/aromatic N) is 5. The molecule has 2 rings (SSSR count). The number of anilines is 2. The molecular weight excluding hydrogens is 240 g/mol. The van der Waals surface area contributed by atoms with Gasteiger partial charge in [0.15, 0.2) is 0 Å². The highest BCUT2D eigenvalue weighted by Gasteiger charge is 2.05. The summed E-state index contributed by atoms with van der Waals surface area (Å²) in [5.41, 5.74) is 1.06. The maximum Gasteiger partial charge on any atom is 0.234 e. The lowest BCUT2D eigenvalue weighted by Gasteiger charge is -2.16. The van der Waals surface area contributed by atoms with Crippen LogP contribution in [-0.2, 0) is 6.54 Å². The third kappa shape index (κ3) is 3.16. The molecule has 2 aromatic rings. The summed E-state index contributed by atoms with van der Waals surface area (Å²) in [7, 11) is 3.90. The Balaban J connectivity index is 2.12. The zero-order valence-electron chi connectivity index (χ0n) is 10.8. The molecule has 0 saturated heterocycles. The fourth-order valence-electron chi connectivity index (χ4n) is 1.67. The van der Waals surface area contributed by atoms with Gasteiger partial charge in [-0.3, -0.25) is 0 Å². The molecule has 0 atom stereocenters. The van der Waals surface area contributed by atoms with Crippen molar-refractivity contribution in [3.63, 3.8) is 0 Å². The molecule has 1 N–H and O–H groups in total. The molecule has 2 aromatic heterocycles. The van der Waals surface area contributed by atoms with Gasteiger partial charge in [-0.2, -0.15) is 5.26 Å². The first-order valence-corrected chi connectivity index (χ1v) is 5.79. The summed E-state index contributed by atoms with van der Waals surface area (Å²) in [6, 6.07) is 7.54. The molecule has 0 aliphatic rings. The van der Waals surface area contributed by atoms with Crippen molar-refractivity contribution in [2.45, 2.75) is 6.54 Å². The summed E-state index contributed by atoms with van der Waals surface area (Å²) in [5, 5.41) is 11.9. The Kier molecular flexibility index (Phi) is 3.88. The first-order chi connectivity index (χ1) is 9.20. The van der Waals surface area contributed by atoms with Gasteiger partial charge >= 0.3 is 0 Å². The summed E-state index contributed by atoms with van der Waals surface area (Å²) in [4.78, 5) is 14.2. The number of hydrogen-bond acceptors (Lipinski definition) is 6. The molecule has 2 heterocycles. The topological polar surface area (TPSA) is 77.7 Å². The van der Waals surface area contributed by atoms with Crippen molar-refractivity contribution >= 4 is 11.6 Å². The minimum atomic E-state index is 0.156. The number of rotatable bonds is 4. The lowest BCUT2D eigenvalue weighted by Crippen LogP contribution is -2.15. The van der Waals surface area contributed by atoms with Crippen molar-refractivity contribution in [1.29, 1.82) is 5.26 Å². The van der Waals surface area contributed by atoms with Crippen molar-refractivity contribution in [3.8, 4) is 6.07 Å². The SMILES string of the molecule is CN(C)c1ncccc1CNc1ccnc(C#N)n1. The third-order valence-electron chi connectivity index (χ3n) is 2.51. The Bertz CT molecular complexity index is 602. The number of nitriles is 1. The van der Waals surface area contributed by atoms with Gasteiger partial charge in [0.1, 0.15) is 17.7 Å². The highest BCUT2D eigenvalue weighted by Crippen LogP contribution is 2.15. The van der Waals surface area contributed by atoms with Crippen molar-refractivity contribution in [2.24, 2.45) is 0 Å². The maximum absolute atomic E-state index is 8.74. The zero-order chi connectivity index (χ0) is 13.7. The summed E-state index contributed by atoms with van der Waals surface area (Å²) >= 11 is 0. The van der Waals surface area contributed by atoms with Gasteiger partial charge in [-0.05, 0) is 12.1 Å². The van der Waals surface area contributed by atoms with E-state index >= 15 is 0 Å². The van der Waals surface area contributed by atoms with E-state index < -0.39 is 0 Å². The predicted molar refractivity (Wildman–Crippen MR) is 72.6 cm³/mol. The van der Waals surface area contributed by atoms with Crippen LogP contribution in [0.1, 0.15) is 11.4 Å². The molecule has 0 unspecified atom stereocenters. The number of nitrogens with one attached hydrogen (secondary N) is 1. The molecule has 0 bridgehead atoms. The molecule has 6 heteroatoms. The van der Waals surface area contributed by atoms with Gasteiger partial charge in [0.25, 0.3) is 0 Å². The van der Waals surface area contributed by atoms with Crippen molar-refractivity contribution < 1.29 is 0 Å². The molecular formula is C13H14N6. The van der Waals surface area contributed by atoms with Gasteiger partial charge < -0.3 is 10.2 Å². The second-order valence-corrected chi connectivity index (χ2v) is 4.11. The summed E-state index contributed by atoms with van der Waals surface area (Å²) in [5.74, 6) is 1.69. The largest absolute Gasteiger partial charge is 0.366 e. The van der Waals surface area contributed by atoms with E-state index in [1.807, 2.05) is 37.2 Å². The molecule has 0 aromatic carbocycles. The molecule has 96 valence electrons. The fraction of sp³-hybridized carbons (Fsp3) is 0.231. The Morgan fingerprint density at radius 2 is 2.11 bits per heavy atom. The Labute approximate surface area is 111 Å². The van der Waals surface area contributed by atoms with Crippen LogP contribution in [-0.4, -0.2) is 29.0 Å². The highest BCUT2D eigenvalue weighted by atomic mass is 15.1. The molecule has 0 radical (unpaired) electrons. The van der Waals surface area contributed by atoms with Crippen LogP contribution in [0, 0.1) is 11.3 Å². The fourth-order valence-corrected chi connectivity index (χ4v) is 1.67. The quantitative estimate of drug-likeness (QED) is 0.889. The average Bonchev–Trinajstić information content (AvgIpc) is 2.45. The zero-order valence-corrected chi connectivity index (χ0v) is 10.8. The minimum absolute atomic E-state index is 0.156. The summed E-state index contributed by atoms with van der Waals surface area (Å²) in [6.07, 6.45) is 3.32. The van der Waals surface area contributed by atoms with Crippen molar-refractivity contribution in [3.05, 3.63) is 42.0 Å². The first-order valence-electron chi connectivity index (χ1n) is 5.79. The molecule has 0 spiro atoms. The van der Waals surface area contributed by atoms with E-state index in [0.29, 0.717) is 12.4 Å². The second-order valence-electron chi connectivity index (χ2n) is 4.11. The molecule has 0 aliphatic heterocycles. The monoisotopic (exact) mass is 254 g/mol. The van der Waals surface area contributed by atoms with E-state index in [1.165, 1.54) is 0 Å². The van der Waals surface area contributed by atoms with Crippen LogP contribution in [0.15, 0.2) is 30.6 Å². The van der Waals surface area contributed by atoms with Gasteiger partial charge in [-0.25, -0.2) is 15.0 Å². The Morgan fingerprint density at radius 1 is 1.26 bits per heavy atom. The van der Waals surface area contributed by atoms with E-state index in [0.717, 1.165) is 11.4 Å². The van der Waals surface area contributed by atoms with Crippen LogP contribution in [0.3, 0.4) is 0 Å². The van der Waals surface area contributed by atoms with Crippen LogP contribution in [0.25, 0.3) is 0 Å². The van der Waals surface area contributed by atoms with Gasteiger partial charge in [0.05, 0.1) is 0 Å². The van der Waals surface area contributed by atoms with E-state index in [-0.39, 0.29) is 5.82 Å². The lowest BCUT2D eigenvalue weighted by atomic mass is 10.2. The van der Waals surface area contributed by atoms with E-state index in [1.54, 1.807) is 18.5 Å². The lowest BCUT2D eigenvalue weighted by molar-refractivity contribution is 0.999. The van der Waals surface area contributed by atoms with Crippen LogP contribution in [0.5, 0.6) is 0 Å². The minimum Gasteiger partial charge on any atom is -0.366 e. The Hall–Kier alpha value is -2.68. The smallest absolute Gasteiger partial charge is 0.234 e. The standard InChI is InChI=1S/C13H14N6/c1-19(2)13-10(4-3-6-16-13)9-17-11-5-7-15-12(8-14)18-11/h3-7H,9H2,1-2H3,(H,15,17,18). The van der Waals surface area contributed by atoms with Gasteiger partial charge in [-0.1, -0.05) is 6.07 Å². The van der Waals surface area contributed by atoms with E-state index in [4.69, 9.17) is 5.26 Å². The normalized spacial score (nSPS) is 9.74. The van der Waals surface area contributed by atoms with E-state index in [9.17, 15) is 0 Å². The Morgan fingerprint density at radius 3 is 2.84 bits per heavy atom. The van der Waals surface area contributed by atoms with Gasteiger partial charge in [-0.15, -0.1) is 0 Å². The van der Waals surface area contributed by atoms with Crippen LogP contribution in [0.2, 0.25) is 0 Å². The van der Waals surface area contributed by atoms with Crippen LogP contribution < -0.4 is 10.2 Å². The van der Waals surface area contributed by atoms with Gasteiger partial charge in [0, 0.05) is 38.6 Å². The maximum atomic E-state index is 8.74. The van der Waals surface area contributed by atoms with Gasteiger partial charge in [0.2, 0.25) is 5.82 Å². The third-order valence-corrected chi connectivity index (χ3v) is 2.51. The second kappa shape index (κ2) is 5.78. The summed E-state index contributed by atoms with van der Waals surface area (Å²) in [6.45, 7) is 0.587. The summed E-state index contributed by atoms with van der Waals surface area (Å²) < 4.78 is 0. The number of aromatic nitrogens is 3. The van der Waals surface area contributed by atoms with Crippen molar-refractivity contribution in [1.82, 2.24) is 15.0 Å². The van der Waals surface area contributed by atoms with E-state index in [2.05, 4.69) is 20.3 Å². The number of hydrogen-bond donors (Lipinski definition) is 1. The molecule has 6 nitrogen and oxygen atoms in total.